The molecule has 6 fully saturated rings. The van der Waals surface area contributed by atoms with E-state index in [1.165, 1.54) is 12.5 Å². The molecule has 0 saturated heterocycles. The van der Waals surface area contributed by atoms with Crippen molar-refractivity contribution in [1.82, 2.24) is 5.06 Å². The van der Waals surface area contributed by atoms with Crippen LogP contribution in [0.5, 0.6) is 0 Å². The predicted molar refractivity (Wildman–Crippen MR) is 169 cm³/mol. The van der Waals surface area contributed by atoms with Gasteiger partial charge in [0.2, 0.25) is 0 Å². The van der Waals surface area contributed by atoms with E-state index in [0.29, 0.717) is 11.7 Å². The third-order valence-electron chi connectivity index (χ3n) is 15.2. The summed E-state index contributed by atoms with van der Waals surface area (Å²) >= 11 is 0. The number of esters is 1. The molecular weight excluding hydrogens is 550 g/mol. The lowest BCUT2D eigenvalue weighted by atomic mass is 9.33. The maximum absolute atomic E-state index is 14.7. The number of carbonyl (C=O) groups is 3. The number of ketones is 1. The predicted octanol–water partition coefficient (Wildman–Crippen LogP) is 7.98. The number of allylic oxidation sites excluding steroid dienone is 2. The smallest absolute Gasteiger partial charge is 0.302 e. The van der Waals surface area contributed by atoms with Crippen molar-refractivity contribution in [3.63, 3.8) is 0 Å². The van der Waals surface area contributed by atoms with Crippen molar-refractivity contribution in [3.8, 4) is 0 Å². The number of fused-ring (bicyclic) bond motifs is 7. The minimum Gasteiger partial charge on any atom is -0.462 e. The van der Waals surface area contributed by atoms with Crippen LogP contribution in [0.25, 0.3) is 0 Å². The number of nitrogens with zero attached hydrogens (tertiary/aromatic N) is 1. The van der Waals surface area contributed by atoms with Gasteiger partial charge in [0.25, 0.3) is 5.91 Å². The van der Waals surface area contributed by atoms with E-state index in [2.05, 4.69) is 54.5 Å². The van der Waals surface area contributed by atoms with Crippen LogP contribution in [0, 0.1) is 50.2 Å². The van der Waals surface area contributed by atoms with E-state index < -0.39 is 5.41 Å². The molecule has 7 rings (SSSR count). The Morgan fingerprint density at radius 1 is 0.841 bits per heavy atom. The molecule has 0 heterocycles. The fourth-order valence-corrected chi connectivity index (χ4v) is 12.0. The van der Waals surface area contributed by atoms with Crippen molar-refractivity contribution in [2.24, 2.45) is 50.2 Å². The Morgan fingerprint density at radius 3 is 2.16 bits per heavy atom. The highest BCUT2D eigenvalue weighted by molar-refractivity contribution is 5.95. The standard InChI is InChI=1S/C38H57NO5/c1-23(40)43-30-14-15-36(6)29(33(30,2)3)13-16-38(8)31(36)28(41)21-26-27-22-35(5,18-17-34(27,4)19-20-37(26,38)7)32(42)39(24-9-10-24)44-25-11-12-25/h21,24-25,27,29-31H,9-20,22H2,1-8H3/t27-,29?,30-,31+,34+,35-,36-,37+,38+/m0/s1. The van der Waals surface area contributed by atoms with Gasteiger partial charge in [-0.05, 0) is 123 Å². The molecule has 0 aromatic rings. The van der Waals surface area contributed by atoms with Gasteiger partial charge >= 0.3 is 5.97 Å². The second kappa shape index (κ2) is 9.67. The maximum atomic E-state index is 14.7. The number of hydrogen-bond acceptors (Lipinski definition) is 5. The minimum atomic E-state index is -0.468. The number of hydrogen-bond donors (Lipinski definition) is 0. The first-order valence-electron chi connectivity index (χ1n) is 17.9. The fourth-order valence-electron chi connectivity index (χ4n) is 12.0. The van der Waals surface area contributed by atoms with Crippen LogP contribution >= 0.6 is 0 Å². The normalized spacial score (nSPS) is 47.7. The van der Waals surface area contributed by atoms with Crippen molar-refractivity contribution < 1.29 is 24.0 Å². The summed E-state index contributed by atoms with van der Waals surface area (Å²) in [7, 11) is 0. The number of hydroxylamine groups is 2. The molecule has 0 aromatic carbocycles. The molecule has 6 heteroatoms. The van der Waals surface area contributed by atoms with E-state index in [9.17, 15) is 14.4 Å². The summed E-state index contributed by atoms with van der Waals surface area (Å²) in [6, 6.07) is 0.246. The first-order valence-corrected chi connectivity index (χ1v) is 17.9. The van der Waals surface area contributed by atoms with Crippen LogP contribution in [0.1, 0.15) is 139 Å². The van der Waals surface area contributed by atoms with E-state index >= 15 is 0 Å². The molecule has 0 bridgehead atoms. The lowest BCUT2D eigenvalue weighted by Gasteiger charge is -2.70. The van der Waals surface area contributed by atoms with Crippen LogP contribution in [0.2, 0.25) is 0 Å². The zero-order valence-corrected chi connectivity index (χ0v) is 28.7. The van der Waals surface area contributed by atoms with E-state index in [4.69, 9.17) is 9.57 Å². The van der Waals surface area contributed by atoms with Crippen LogP contribution in [-0.2, 0) is 24.0 Å². The van der Waals surface area contributed by atoms with Crippen molar-refractivity contribution >= 4 is 17.7 Å². The van der Waals surface area contributed by atoms with E-state index in [1.54, 1.807) is 5.06 Å². The Kier molecular flexibility index (Phi) is 6.80. The number of ether oxygens (including phenoxy) is 1. The average Bonchev–Trinajstić information content (AvgIpc) is 3.86. The van der Waals surface area contributed by atoms with Gasteiger partial charge in [0.1, 0.15) is 6.10 Å². The van der Waals surface area contributed by atoms with E-state index in [0.717, 1.165) is 83.5 Å². The van der Waals surface area contributed by atoms with Crippen LogP contribution < -0.4 is 0 Å². The highest BCUT2D eigenvalue weighted by Crippen LogP contribution is 2.75. The first-order chi connectivity index (χ1) is 20.5. The maximum Gasteiger partial charge on any atom is 0.302 e. The molecule has 244 valence electrons. The molecule has 7 aliphatic carbocycles. The summed E-state index contributed by atoms with van der Waals surface area (Å²) in [6.45, 7) is 18.0. The zero-order chi connectivity index (χ0) is 31.7. The number of rotatable bonds is 5. The number of carbonyl (C=O) groups excluding carboxylic acids is 3. The molecule has 6 nitrogen and oxygen atoms in total. The lowest BCUT2D eigenvalue weighted by Crippen LogP contribution is -2.67. The average molecular weight is 608 g/mol. The second-order valence-electron chi connectivity index (χ2n) is 18.4. The topological polar surface area (TPSA) is 72.9 Å². The van der Waals surface area contributed by atoms with Gasteiger partial charge in [-0.1, -0.05) is 54.0 Å². The van der Waals surface area contributed by atoms with Gasteiger partial charge < -0.3 is 4.74 Å². The summed E-state index contributed by atoms with van der Waals surface area (Å²) in [6.07, 6.45) is 15.2. The molecule has 44 heavy (non-hydrogen) atoms. The van der Waals surface area contributed by atoms with Crippen LogP contribution in [0.15, 0.2) is 11.6 Å². The van der Waals surface area contributed by atoms with Crippen LogP contribution in [0.4, 0.5) is 0 Å². The minimum absolute atomic E-state index is 0.0432. The molecule has 9 atom stereocenters. The summed E-state index contributed by atoms with van der Waals surface area (Å²) in [5.74, 6) is 0.802. The van der Waals surface area contributed by atoms with E-state index in [-0.39, 0.29) is 69.0 Å². The third kappa shape index (κ3) is 4.30. The molecule has 0 radical (unpaired) electrons. The second-order valence-corrected chi connectivity index (χ2v) is 18.4. The van der Waals surface area contributed by atoms with E-state index in [1.807, 2.05) is 0 Å². The highest BCUT2D eigenvalue weighted by Gasteiger charge is 2.70. The summed E-state index contributed by atoms with van der Waals surface area (Å²) in [5, 5.41) is 1.80. The molecule has 0 spiro atoms. The van der Waals surface area contributed by atoms with Gasteiger partial charge in [-0.3, -0.25) is 19.2 Å². The van der Waals surface area contributed by atoms with Crippen LogP contribution in [0.3, 0.4) is 0 Å². The Balaban J connectivity index is 1.23. The van der Waals surface area contributed by atoms with Gasteiger partial charge in [-0.2, -0.15) is 0 Å². The molecular formula is C38H57NO5. The molecule has 1 unspecified atom stereocenters. The SMILES string of the molecule is CC(=O)O[C@H]1CC[C@@]2(C)C(CC[C@]3(C)[C@@H]2C(=O)C=C2[C@@H]4C[C@@](C)(C(=O)N(OC5CC5)C5CC5)CC[C@]4(C)CC[C@]23C)C1(C)C. The van der Waals surface area contributed by atoms with Gasteiger partial charge in [-0.25, -0.2) is 5.06 Å². The van der Waals surface area contributed by atoms with Gasteiger partial charge in [-0.15, -0.1) is 0 Å². The molecule has 7 aliphatic rings. The highest BCUT2D eigenvalue weighted by atomic mass is 16.7. The van der Waals surface area contributed by atoms with Gasteiger partial charge in [0.05, 0.1) is 12.1 Å². The van der Waals surface area contributed by atoms with Crippen molar-refractivity contribution in [2.45, 2.75) is 157 Å². The van der Waals surface area contributed by atoms with Gasteiger partial charge in [0.15, 0.2) is 5.78 Å². The van der Waals surface area contributed by atoms with Crippen molar-refractivity contribution in [2.75, 3.05) is 0 Å². The molecule has 0 aliphatic heterocycles. The molecule has 0 N–H and O–H groups in total. The molecule has 0 aromatic heterocycles. The van der Waals surface area contributed by atoms with Crippen molar-refractivity contribution in [1.29, 1.82) is 0 Å². The fraction of sp³-hybridized carbons (Fsp3) is 0.868. The lowest BCUT2D eigenvalue weighted by molar-refractivity contribution is -0.214. The van der Waals surface area contributed by atoms with Crippen LogP contribution in [-0.4, -0.2) is 41.0 Å². The first kappa shape index (κ1) is 30.9. The quantitative estimate of drug-likeness (QED) is 0.234. The van der Waals surface area contributed by atoms with Gasteiger partial charge in [0, 0.05) is 23.7 Å². The Hall–Kier alpha value is -1.69. The zero-order valence-electron chi connectivity index (χ0n) is 28.7. The Morgan fingerprint density at radius 2 is 1.52 bits per heavy atom. The monoisotopic (exact) mass is 607 g/mol. The Labute approximate surface area is 265 Å². The van der Waals surface area contributed by atoms with Crippen molar-refractivity contribution in [3.05, 3.63) is 11.6 Å². The summed E-state index contributed by atoms with van der Waals surface area (Å²) < 4.78 is 5.89. The third-order valence-corrected chi connectivity index (χ3v) is 15.2. The largest absolute Gasteiger partial charge is 0.462 e. The summed E-state index contributed by atoms with van der Waals surface area (Å²) in [4.78, 5) is 47.2. The number of amides is 1. The molecule has 1 amide bonds. The summed E-state index contributed by atoms with van der Waals surface area (Å²) in [5.41, 5.74) is 0.451. The Bertz CT molecular complexity index is 1300. The molecule has 6 saturated carbocycles.